The van der Waals surface area contributed by atoms with E-state index in [9.17, 15) is 0 Å². The Morgan fingerprint density at radius 2 is 1.47 bits per heavy atom. The number of benzene rings is 5. The van der Waals surface area contributed by atoms with E-state index in [1.165, 1.54) is 48.8 Å². The minimum atomic E-state index is -0.144. The summed E-state index contributed by atoms with van der Waals surface area (Å²) in [5, 5.41) is 10.1. The van der Waals surface area contributed by atoms with E-state index in [-0.39, 0.29) is 25.5 Å². The summed E-state index contributed by atoms with van der Waals surface area (Å²) in [6, 6.07) is 32.4. The molecule has 7 rings (SSSR count). The summed E-state index contributed by atoms with van der Waals surface area (Å²) in [6.07, 6.45) is 1.96. The largest absolute Gasteiger partial charge is 0.294 e. The molecule has 0 amide bonds. The zero-order valence-electron chi connectivity index (χ0n) is 17.9. The Hall–Kier alpha value is -3.06. The fourth-order valence-electron chi connectivity index (χ4n) is 5.53. The van der Waals surface area contributed by atoms with Gasteiger partial charge in [0.05, 0.1) is 0 Å². The van der Waals surface area contributed by atoms with Crippen LogP contribution in [-0.2, 0) is 25.5 Å². The predicted molar refractivity (Wildman–Crippen MR) is 131 cm³/mol. The maximum atomic E-state index is 4.89. The molecule has 155 valence electrons. The molecule has 0 saturated carbocycles. The minimum Gasteiger partial charge on any atom is -0.294 e. The number of nitrogens with zero attached hydrogens (tertiary/aromatic N) is 1. The van der Waals surface area contributed by atoms with E-state index in [0.717, 1.165) is 16.6 Å². The normalized spacial score (nSPS) is 13.9. The molecule has 5 aromatic carbocycles. The molecular formula is C30H20IrN-. The van der Waals surface area contributed by atoms with Gasteiger partial charge in [0.25, 0.3) is 0 Å². The van der Waals surface area contributed by atoms with Gasteiger partial charge in [-0.15, -0.1) is 23.6 Å². The van der Waals surface area contributed by atoms with Crippen molar-refractivity contribution < 1.29 is 20.1 Å². The quantitative estimate of drug-likeness (QED) is 0.131. The van der Waals surface area contributed by atoms with Gasteiger partial charge >= 0.3 is 0 Å². The monoisotopic (exact) mass is 587 g/mol. The van der Waals surface area contributed by atoms with Gasteiger partial charge in [-0.3, -0.25) is 4.98 Å². The molecular weight excluding hydrogens is 567 g/mol. The molecule has 1 aliphatic rings. The minimum absolute atomic E-state index is 0. The Morgan fingerprint density at radius 3 is 2.34 bits per heavy atom. The topological polar surface area (TPSA) is 12.9 Å². The molecule has 6 aromatic rings. The Bertz CT molecular complexity index is 1710. The summed E-state index contributed by atoms with van der Waals surface area (Å²) in [4.78, 5) is 4.89. The number of hydrogen-bond donors (Lipinski definition) is 0. The van der Waals surface area contributed by atoms with Crippen molar-refractivity contribution in [2.75, 3.05) is 0 Å². The van der Waals surface area contributed by atoms with Crippen molar-refractivity contribution in [2.45, 2.75) is 19.3 Å². The Morgan fingerprint density at radius 1 is 0.688 bits per heavy atom. The molecule has 1 aromatic heterocycles. The van der Waals surface area contributed by atoms with Crippen LogP contribution in [0, 0.1) is 6.07 Å². The van der Waals surface area contributed by atoms with Crippen LogP contribution in [0.3, 0.4) is 0 Å². The van der Waals surface area contributed by atoms with Gasteiger partial charge in [-0.1, -0.05) is 91.0 Å². The standard InChI is InChI=1S/C30H20N.Ir/c1-30(2)26-16-20-9-4-3-8-19(20)15-25(26)29-28-23(13-14-31-29)22-12-11-18-7-5-6-10-21(18)24(22)17-27(28)30;/h3-14,16-17H,1-2H3;/q-1;. The molecule has 1 aliphatic carbocycles. The first-order valence-corrected chi connectivity index (χ1v) is 10.8. The molecule has 0 fully saturated rings. The summed E-state index contributed by atoms with van der Waals surface area (Å²) in [5.74, 6) is 0. The molecule has 1 heterocycles. The molecule has 0 bridgehead atoms. The van der Waals surface area contributed by atoms with Crippen molar-refractivity contribution in [2.24, 2.45) is 0 Å². The van der Waals surface area contributed by atoms with Gasteiger partial charge in [-0.25, -0.2) is 0 Å². The van der Waals surface area contributed by atoms with E-state index >= 15 is 0 Å². The second-order valence-corrected chi connectivity index (χ2v) is 9.16. The fourth-order valence-corrected chi connectivity index (χ4v) is 5.53. The fraction of sp³-hybridized carbons (Fsp3) is 0.100. The number of pyridine rings is 1. The average Bonchev–Trinajstić information content (AvgIpc) is 2.81. The van der Waals surface area contributed by atoms with Crippen LogP contribution in [-0.4, -0.2) is 4.98 Å². The van der Waals surface area contributed by atoms with E-state index < -0.39 is 0 Å². The zero-order chi connectivity index (χ0) is 20.7. The maximum absolute atomic E-state index is 4.89. The summed E-state index contributed by atoms with van der Waals surface area (Å²) < 4.78 is 0. The van der Waals surface area contributed by atoms with Crippen molar-refractivity contribution in [1.82, 2.24) is 4.98 Å². The maximum Gasteiger partial charge on any atom is 0.0189 e. The number of hydrogen-bond acceptors (Lipinski definition) is 1. The molecule has 0 atom stereocenters. The van der Waals surface area contributed by atoms with Gasteiger partial charge in [0.2, 0.25) is 0 Å². The Labute approximate surface area is 200 Å². The summed E-state index contributed by atoms with van der Waals surface area (Å²) in [6.45, 7) is 4.69. The van der Waals surface area contributed by atoms with Crippen LogP contribution < -0.4 is 0 Å². The SMILES string of the molecule is CC1(C)c2cc3ccccc3[c-]c2-c2nccc3c2c1cc1c2ccccc2ccc31.[Ir]. The molecule has 1 radical (unpaired) electrons. The van der Waals surface area contributed by atoms with Crippen molar-refractivity contribution >= 4 is 43.1 Å². The first-order chi connectivity index (χ1) is 15.1. The second-order valence-electron chi connectivity index (χ2n) is 9.16. The van der Waals surface area contributed by atoms with Crippen molar-refractivity contribution in [3.05, 3.63) is 102 Å². The molecule has 0 aliphatic heterocycles. The second kappa shape index (κ2) is 6.72. The van der Waals surface area contributed by atoms with Gasteiger partial charge in [-0.2, -0.15) is 0 Å². The molecule has 32 heavy (non-hydrogen) atoms. The number of rotatable bonds is 0. The number of fused-ring (bicyclic) bond motifs is 7. The van der Waals surface area contributed by atoms with Crippen LogP contribution in [0.2, 0.25) is 0 Å². The van der Waals surface area contributed by atoms with Crippen LogP contribution >= 0.6 is 0 Å². The number of aromatic nitrogens is 1. The average molecular weight is 587 g/mol. The molecule has 0 N–H and O–H groups in total. The van der Waals surface area contributed by atoms with E-state index in [2.05, 4.69) is 98.8 Å². The Kier molecular flexibility index (Phi) is 4.12. The van der Waals surface area contributed by atoms with Gasteiger partial charge in [0.15, 0.2) is 0 Å². The van der Waals surface area contributed by atoms with Crippen LogP contribution in [0.1, 0.15) is 25.0 Å². The third-order valence-electron chi connectivity index (χ3n) is 7.14. The van der Waals surface area contributed by atoms with Crippen LogP contribution in [0.4, 0.5) is 0 Å². The molecule has 1 nitrogen and oxygen atoms in total. The molecule has 2 heteroatoms. The van der Waals surface area contributed by atoms with Gasteiger partial charge in [0.1, 0.15) is 0 Å². The zero-order valence-corrected chi connectivity index (χ0v) is 20.3. The van der Waals surface area contributed by atoms with Gasteiger partial charge in [0, 0.05) is 32.0 Å². The molecule has 0 saturated heterocycles. The molecule has 0 unspecified atom stereocenters. The van der Waals surface area contributed by atoms with E-state index in [1.54, 1.807) is 0 Å². The van der Waals surface area contributed by atoms with E-state index in [4.69, 9.17) is 4.98 Å². The summed E-state index contributed by atoms with van der Waals surface area (Å²) >= 11 is 0. The van der Waals surface area contributed by atoms with Gasteiger partial charge in [-0.05, 0) is 49.4 Å². The van der Waals surface area contributed by atoms with E-state index in [0.29, 0.717) is 0 Å². The van der Waals surface area contributed by atoms with Crippen molar-refractivity contribution in [3.8, 4) is 11.3 Å². The van der Waals surface area contributed by atoms with Crippen molar-refractivity contribution in [3.63, 3.8) is 0 Å². The first kappa shape index (κ1) is 19.6. The van der Waals surface area contributed by atoms with Crippen LogP contribution in [0.25, 0.3) is 54.3 Å². The molecule has 0 spiro atoms. The third-order valence-corrected chi connectivity index (χ3v) is 7.14. The van der Waals surface area contributed by atoms with Crippen molar-refractivity contribution in [1.29, 1.82) is 0 Å². The predicted octanol–water partition coefficient (Wildman–Crippen LogP) is 7.80. The van der Waals surface area contributed by atoms with Gasteiger partial charge < -0.3 is 0 Å². The first-order valence-electron chi connectivity index (χ1n) is 10.8. The van der Waals surface area contributed by atoms with Crippen LogP contribution in [0.15, 0.2) is 85.1 Å². The van der Waals surface area contributed by atoms with E-state index in [1.807, 2.05) is 6.20 Å². The third kappa shape index (κ3) is 2.45. The summed E-state index contributed by atoms with van der Waals surface area (Å²) in [5.41, 5.74) is 4.71. The smallest absolute Gasteiger partial charge is 0.0189 e. The van der Waals surface area contributed by atoms with Crippen LogP contribution in [0.5, 0.6) is 0 Å². The Balaban J connectivity index is 0.00000196. The summed E-state index contributed by atoms with van der Waals surface area (Å²) in [7, 11) is 0.